The van der Waals surface area contributed by atoms with Gasteiger partial charge in [-0.25, -0.2) is 23.2 Å². The molecule has 0 spiro atoms. The van der Waals surface area contributed by atoms with E-state index in [2.05, 4.69) is 16.1 Å². The van der Waals surface area contributed by atoms with Crippen LogP contribution in [0.1, 0.15) is 33.1 Å². The number of sulfonamides is 1. The van der Waals surface area contributed by atoms with Gasteiger partial charge in [-0.2, -0.15) is 0 Å². The van der Waals surface area contributed by atoms with Crippen LogP contribution < -0.4 is 5.14 Å². The summed E-state index contributed by atoms with van der Waals surface area (Å²) in [5, 5.41) is 9.76. The Morgan fingerprint density at radius 1 is 0.912 bits per heavy atom. The van der Waals surface area contributed by atoms with E-state index in [4.69, 9.17) is 5.14 Å². The normalized spacial score (nSPS) is 13.5. The Morgan fingerprint density at radius 2 is 1.59 bits per heavy atom. The fourth-order valence-electron chi connectivity index (χ4n) is 4.12. The number of benzene rings is 3. The van der Waals surface area contributed by atoms with Gasteiger partial charge < -0.3 is 4.90 Å². The first kappa shape index (κ1) is 22.0. The van der Waals surface area contributed by atoms with E-state index in [1.807, 2.05) is 48.5 Å². The fourth-order valence-corrected chi connectivity index (χ4v) is 4.64. The van der Waals surface area contributed by atoms with E-state index < -0.39 is 10.0 Å². The Balaban J connectivity index is 1.49. The molecule has 0 fully saturated rings. The molecule has 2 N–H and O–H groups in total. The summed E-state index contributed by atoms with van der Waals surface area (Å²) >= 11 is 0. The van der Waals surface area contributed by atoms with Crippen molar-refractivity contribution in [2.45, 2.75) is 24.3 Å². The van der Waals surface area contributed by atoms with Crippen molar-refractivity contribution in [3.8, 4) is 5.69 Å². The third-order valence-corrected chi connectivity index (χ3v) is 6.83. The summed E-state index contributed by atoms with van der Waals surface area (Å²) in [4.78, 5) is 19.7. The zero-order chi connectivity index (χ0) is 23.7. The highest BCUT2D eigenvalue weighted by Gasteiger charge is 2.26. The molecule has 8 nitrogen and oxygen atoms in total. The van der Waals surface area contributed by atoms with Gasteiger partial charge in [0.25, 0.3) is 5.91 Å². The molecule has 172 valence electrons. The minimum atomic E-state index is -3.81. The molecule has 1 aromatic heterocycles. The summed E-state index contributed by atoms with van der Waals surface area (Å²) in [5.74, 6) is 0.458. The van der Waals surface area contributed by atoms with Gasteiger partial charge in [0.2, 0.25) is 15.8 Å². The van der Waals surface area contributed by atoms with Crippen molar-refractivity contribution in [1.82, 2.24) is 19.7 Å². The first-order chi connectivity index (χ1) is 16.4. The van der Waals surface area contributed by atoms with Crippen LogP contribution in [0.2, 0.25) is 0 Å². The maximum Gasteiger partial charge on any atom is 0.293 e. The summed E-state index contributed by atoms with van der Waals surface area (Å²) in [5.41, 5.74) is 3.99. The number of aromatic nitrogens is 3. The van der Waals surface area contributed by atoms with Gasteiger partial charge in [0, 0.05) is 19.5 Å². The van der Waals surface area contributed by atoms with E-state index in [0.29, 0.717) is 31.0 Å². The lowest BCUT2D eigenvalue weighted by molar-refractivity contribution is 0.0722. The lowest BCUT2D eigenvalue weighted by Crippen LogP contribution is -2.36. The van der Waals surface area contributed by atoms with Gasteiger partial charge in [-0.3, -0.25) is 4.79 Å². The molecule has 1 aliphatic rings. The Kier molecular flexibility index (Phi) is 5.72. The lowest BCUT2D eigenvalue weighted by atomic mass is 10.00. The summed E-state index contributed by atoms with van der Waals surface area (Å²) in [6, 6.07) is 23.9. The van der Waals surface area contributed by atoms with E-state index in [9.17, 15) is 13.2 Å². The highest BCUT2D eigenvalue weighted by atomic mass is 32.2. The number of carbonyl (C=O) groups excluding carboxylic acids is 1. The van der Waals surface area contributed by atoms with Crippen molar-refractivity contribution in [2.75, 3.05) is 6.54 Å². The topological polar surface area (TPSA) is 111 Å². The van der Waals surface area contributed by atoms with E-state index in [1.165, 1.54) is 17.7 Å². The average molecular weight is 474 g/mol. The first-order valence-electron chi connectivity index (χ1n) is 10.9. The van der Waals surface area contributed by atoms with Crippen LogP contribution in [-0.4, -0.2) is 40.5 Å². The number of fused-ring (bicyclic) bond motifs is 1. The minimum Gasteiger partial charge on any atom is -0.331 e. The summed E-state index contributed by atoms with van der Waals surface area (Å²) in [6.45, 7) is 1.11. The van der Waals surface area contributed by atoms with Crippen LogP contribution in [0.3, 0.4) is 0 Å². The zero-order valence-corrected chi connectivity index (χ0v) is 19.1. The smallest absolute Gasteiger partial charge is 0.293 e. The molecule has 34 heavy (non-hydrogen) atoms. The summed E-state index contributed by atoms with van der Waals surface area (Å²) in [7, 11) is -3.81. The molecule has 1 amide bonds. The SMILES string of the molecule is NS(=O)(=O)c1ccc(-n2nc(C(=O)N3CCc4ccccc4C3)nc2Cc2ccccc2)cc1. The minimum absolute atomic E-state index is 0.00394. The van der Waals surface area contributed by atoms with Crippen LogP contribution >= 0.6 is 0 Å². The molecule has 5 rings (SSSR count). The lowest BCUT2D eigenvalue weighted by Gasteiger charge is -2.27. The Hall–Kier alpha value is -3.82. The standard InChI is InChI=1S/C25H23N5O3S/c26-34(32,33)22-12-10-21(11-13-22)30-23(16-18-6-2-1-3-7-18)27-24(28-30)25(31)29-15-14-19-8-4-5-9-20(19)17-29/h1-13H,14-17H2,(H2,26,32,33). The molecule has 0 unspecified atom stereocenters. The van der Waals surface area contributed by atoms with Crippen molar-refractivity contribution < 1.29 is 13.2 Å². The quantitative estimate of drug-likeness (QED) is 0.479. The molecule has 2 heterocycles. The maximum atomic E-state index is 13.3. The molecule has 0 aliphatic carbocycles. The first-order valence-corrected chi connectivity index (χ1v) is 12.4. The van der Waals surface area contributed by atoms with Crippen molar-refractivity contribution >= 4 is 15.9 Å². The molecule has 0 radical (unpaired) electrons. The number of nitrogens with two attached hydrogens (primary N) is 1. The number of hydrogen-bond donors (Lipinski definition) is 1. The predicted molar refractivity (Wildman–Crippen MR) is 127 cm³/mol. The molecule has 0 atom stereocenters. The molecule has 0 bridgehead atoms. The Labute approximate surface area is 197 Å². The van der Waals surface area contributed by atoms with E-state index >= 15 is 0 Å². The van der Waals surface area contributed by atoms with Gasteiger partial charge in [-0.15, -0.1) is 5.10 Å². The van der Waals surface area contributed by atoms with E-state index in [0.717, 1.165) is 17.5 Å². The summed E-state index contributed by atoms with van der Waals surface area (Å²) < 4.78 is 24.9. The third-order valence-electron chi connectivity index (χ3n) is 5.90. The second-order valence-electron chi connectivity index (χ2n) is 8.21. The van der Waals surface area contributed by atoms with Crippen LogP contribution in [-0.2, 0) is 29.4 Å². The van der Waals surface area contributed by atoms with Crippen molar-refractivity contribution in [2.24, 2.45) is 5.14 Å². The molecule has 0 saturated carbocycles. The number of nitrogens with zero attached hydrogens (tertiary/aromatic N) is 4. The van der Waals surface area contributed by atoms with Crippen LogP contribution in [0.15, 0.2) is 83.8 Å². The molecule has 3 aromatic carbocycles. The van der Waals surface area contributed by atoms with Gasteiger partial charge in [0.05, 0.1) is 10.6 Å². The summed E-state index contributed by atoms with van der Waals surface area (Å²) in [6.07, 6.45) is 1.25. The van der Waals surface area contributed by atoms with Gasteiger partial charge in [0.1, 0.15) is 5.82 Å². The third kappa shape index (κ3) is 4.48. The molecule has 0 saturated heterocycles. The van der Waals surface area contributed by atoms with E-state index in [1.54, 1.807) is 21.7 Å². The number of primary sulfonamides is 1. The van der Waals surface area contributed by atoms with Crippen LogP contribution in [0.4, 0.5) is 0 Å². The Morgan fingerprint density at radius 3 is 2.29 bits per heavy atom. The monoisotopic (exact) mass is 473 g/mol. The van der Waals surface area contributed by atoms with Gasteiger partial charge in [-0.05, 0) is 47.4 Å². The molecule has 4 aromatic rings. The highest BCUT2D eigenvalue weighted by Crippen LogP contribution is 2.21. The molecule has 1 aliphatic heterocycles. The van der Waals surface area contributed by atoms with Gasteiger partial charge >= 0.3 is 0 Å². The Bertz CT molecular complexity index is 1450. The second kappa shape index (κ2) is 8.85. The molecule has 9 heteroatoms. The van der Waals surface area contributed by atoms with Crippen molar-refractivity contribution in [3.63, 3.8) is 0 Å². The maximum absolute atomic E-state index is 13.3. The largest absolute Gasteiger partial charge is 0.331 e. The highest BCUT2D eigenvalue weighted by molar-refractivity contribution is 7.89. The number of rotatable bonds is 5. The van der Waals surface area contributed by atoms with Crippen molar-refractivity contribution in [3.05, 3.63) is 107 Å². The van der Waals surface area contributed by atoms with Gasteiger partial charge in [-0.1, -0.05) is 54.6 Å². The average Bonchev–Trinajstić information content (AvgIpc) is 3.27. The molecular formula is C25H23N5O3S. The zero-order valence-electron chi connectivity index (χ0n) is 18.3. The van der Waals surface area contributed by atoms with Crippen LogP contribution in [0.5, 0.6) is 0 Å². The predicted octanol–water partition coefficient (Wildman–Crippen LogP) is 2.70. The number of amides is 1. The fraction of sp³-hybridized carbons (Fsp3) is 0.160. The van der Waals surface area contributed by atoms with E-state index in [-0.39, 0.29) is 16.6 Å². The van der Waals surface area contributed by atoms with Crippen LogP contribution in [0.25, 0.3) is 5.69 Å². The second-order valence-corrected chi connectivity index (χ2v) is 9.77. The molecular weight excluding hydrogens is 450 g/mol. The van der Waals surface area contributed by atoms with Crippen LogP contribution in [0, 0.1) is 0 Å². The van der Waals surface area contributed by atoms with Crippen molar-refractivity contribution in [1.29, 1.82) is 0 Å². The van der Waals surface area contributed by atoms with Gasteiger partial charge in [0.15, 0.2) is 0 Å². The number of hydrogen-bond acceptors (Lipinski definition) is 5. The number of carbonyl (C=O) groups is 1.